The van der Waals surface area contributed by atoms with Crippen molar-refractivity contribution in [1.82, 2.24) is 0 Å². The summed E-state index contributed by atoms with van der Waals surface area (Å²) in [5.74, 6) is -1.77. The van der Waals surface area contributed by atoms with E-state index in [2.05, 4.69) is 4.74 Å². The minimum atomic E-state index is -0.642. The van der Waals surface area contributed by atoms with Gasteiger partial charge in [-0.25, -0.2) is 9.69 Å². The van der Waals surface area contributed by atoms with E-state index in [0.717, 1.165) is 4.90 Å². The van der Waals surface area contributed by atoms with Crippen LogP contribution < -0.4 is 9.80 Å². The molecule has 0 radical (unpaired) electrons. The summed E-state index contributed by atoms with van der Waals surface area (Å²) < 4.78 is 4.67. The lowest BCUT2D eigenvalue weighted by Gasteiger charge is -2.21. The van der Waals surface area contributed by atoms with Crippen LogP contribution in [0.2, 0.25) is 0 Å². The van der Waals surface area contributed by atoms with E-state index >= 15 is 0 Å². The molecular formula is C19H15ClN2O4. The molecule has 0 atom stereocenters. The van der Waals surface area contributed by atoms with Crippen LogP contribution in [0.5, 0.6) is 0 Å². The van der Waals surface area contributed by atoms with Crippen LogP contribution in [0.3, 0.4) is 0 Å². The van der Waals surface area contributed by atoms with Gasteiger partial charge in [0.1, 0.15) is 10.7 Å². The van der Waals surface area contributed by atoms with Crippen molar-refractivity contribution < 1.29 is 19.1 Å². The fourth-order valence-electron chi connectivity index (χ4n) is 2.69. The Kier molecular flexibility index (Phi) is 4.77. The predicted molar refractivity (Wildman–Crippen MR) is 98.0 cm³/mol. The van der Waals surface area contributed by atoms with E-state index in [1.165, 1.54) is 19.2 Å². The van der Waals surface area contributed by atoms with Gasteiger partial charge in [-0.3, -0.25) is 9.59 Å². The molecule has 1 heterocycles. The van der Waals surface area contributed by atoms with E-state index in [1.54, 1.807) is 36.2 Å². The fraction of sp³-hybridized carbons (Fsp3) is 0.105. The second kappa shape index (κ2) is 7.01. The Bertz CT molecular complexity index is 924. The average Bonchev–Trinajstić information content (AvgIpc) is 2.90. The number of halogens is 1. The number of hydrogen-bond donors (Lipinski definition) is 0. The highest BCUT2D eigenvalue weighted by Gasteiger charge is 2.41. The third-order valence-electron chi connectivity index (χ3n) is 4.01. The number of esters is 1. The van der Waals surface area contributed by atoms with Crippen molar-refractivity contribution in [2.75, 3.05) is 24.0 Å². The molecule has 2 amide bonds. The molecule has 7 heteroatoms. The molecule has 0 unspecified atom stereocenters. The van der Waals surface area contributed by atoms with Gasteiger partial charge in [0.15, 0.2) is 0 Å². The first kappa shape index (κ1) is 17.7. The Morgan fingerprint density at radius 1 is 1.04 bits per heavy atom. The van der Waals surface area contributed by atoms with Crippen LogP contribution in [0.1, 0.15) is 10.4 Å². The Balaban J connectivity index is 1.98. The summed E-state index contributed by atoms with van der Waals surface area (Å²) in [6.45, 7) is 0. The van der Waals surface area contributed by atoms with E-state index in [4.69, 9.17) is 11.6 Å². The van der Waals surface area contributed by atoms with E-state index < -0.39 is 17.8 Å². The number of carbonyl (C=O) groups is 3. The zero-order valence-corrected chi connectivity index (χ0v) is 14.9. The average molecular weight is 371 g/mol. The minimum absolute atomic E-state index is 0.0753. The van der Waals surface area contributed by atoms with Crippen molar-refractivity contribution >= 4 is 40.8 Å². The van der Waals surface area contributed by atoms with Gasteiger partial charge in [0.05, 0.1) is 18.4 Å². The number of hydrogen-bond acceptors (Lipinski definition) is 5. The molecule has 0 N–H and O–H groups in total. The number of benzene rings is 2. The molecule has 0 aromatic heterocycles. The second-order valence-corrected chi connectivity index (χ2v) is 5.92. The molecular weight excluding hydrogens is 356 g/mol. The number of amides is 2. The lowest BCUT2D eigenvalue weighted by atomic mass is 10.2. The van der Waals surface area contributed by atoms with Gasteiger partial charge in [0, 0.05) is 12.7 Å². The Morgan fingerprint density at radius 2 is 1.73 bits per heavy atom. The van der Waals surface area contributed by atoms with E-state index in [9.17, 15) is 14.4 Å². The van der Waals surface area contributed by atoms with Gasteiger partial charge in [-0.1, -0.05) is 35.9 Å². The molecule has 0 spiro atoms. The normalized spacial score (nSPS) is 14.0. The van der Waals surface area contributed by atoms with Gasteiger partial charge in [0.2, 0.25) is 0 Å². The maximum Gasteiger partial charge on any atom is 0.337 e. The summed E-state index contributed by atoms with van der Waals surface area (Å²) in [6.07, 6.45) is 0. The molecule has 26 heavy (non-hydrogen) atoms. The third-order valence-corrected chi connectivity index (χ3v) is 4.35. The van der Waals surface area contributed by atoms with Crippen molar-refractivity contribution in [3.63, 3.8) is 0 Å². The summed E-state index contributed by atoms with van der Waals surface area (Å²) in [4.78, 5) is 39.7. The molecule has 0 saturated heterocycles. The molecule has 3 rings (SSSR count). The maximum atomic E-state index is 12.9. The molecule has 1 aliphatic rings. The first-order valence-electron chi connectivity index (χ1n) is 7.71. The van der Waals surface area contributed by atoms with Gasteiger partial charge < -0.3 is 9.64 Å². The Hall–Kier alpha value is -3.12. The largest absolute Gasteiger partial charge is 0.465 e. The van der Waals surface area contributed by atoms with Crippen molar-refractivity contribution in [3.05, 3.63) is 70.9 Å². The lowest BCUT2D eigenvalue weighted by molar-refractivity contribution is -0.120. The van der Waals surface area contributed by atoms with Crippen LogP contribution in [0, 0.1) is 0 Å². The number of rotatable bonds is 4. The van der Waals surface area contributed by atoms with E-state index in [0.29, 0.717) is 5.69 Å². The fourth-order valence-corrected chi connectivity index (χ4v) is 2.98. The molecule has 0 fully saturated rings. The van der Waals surface area contributed by atoms with Crippen LogP contribution in [0.15, 0.2) is 65.3 Å². The zero-order chi connectivity index (χ0) is 18.8. The number of likely N-dealkylation sites (N-methyl/N-ethyl adjacent to an activating group) is 1. The van der Waals surface area contributed by atoms with E-state index in [-0.39, 0.29) is 22.0 Å². The van der Waals surface area contributed by atoms with Crippen molar-refractivity contribution in [3.8, 4) is 0 Å². The first-order valence-corrected chi connectivity index (χ1v) is 8.09. The SMILES string of the molecule is COC(=O)c1cccc(N2C(=O)C(Cl)=C(N(C)c3ccccc3)C2=O)c1. The van der Waals surface area contributed by atoms with Crippen molar-refractivity contribution in [2.45, 2.75) is 0 Å². The predicted octanol–water partition coefficient (Wildman–Crippen LogP) is 2.93. The number of para-hydroxylation sites is 1. The van der Waals surface area contributed by atoms with Crippen LogP contribution >= 0.6 is 11.6 Å². The van der Waals surface area contributed by atoms with Gasteiger partial charge in [-0.15, -0.1) is 0 Å². The third kappa shape index (κ3) is 2.95. The van der Waals surface area contributed by atoms with Crippen molar-refractivity contribution in [1.29, 1.82) is 0 Å². The highest BCUT2D eigenvalue weighted by Crippen LogP contribution is 2.33. The van der Waals surface area contributed by atoms with Crippen molar-refractivity contribution in [2.24, 2.45) is 0 Å². The van der Waals surface area contributed by atoms with Crippen LogP contribution in [0.25, 0.3) is 0 Å². The summed E-state index contributed by atoms with van der Waals surface area (Å²) in [6, 6.07) is 15.2. The highest BCUT2D eigenvalue weighted by atomic mass is 35.5. The quantitative estimate of drug-likeness (QED) is 0.611. The molecule has 2 aromatic carbocycles. The number of methoxy groups -OCH3 is 1. The number of imide groups is 1. The lowest BCUT2D eigenvalue weighted by Crippen LogP contribution is -2.34. The second-order valence-electron chi connectivity index (χ2n) is 5.54. The standard InChI is InChI=1S/C19H15ClN2O4/c1-21(13-8-4-3-5-9-13)16-15(20)17(23)22(18(16)24)14-10-6-7-12(11-14)19(25)26-2/h3-11H,1-2H3. The zero-order valence-electron chi connectivity index (χ0n) is 14.1. The molecule has 0 bridgehead atoms. The monoisotopic (exact) mass is 370 g/mol. The molecule has 2 aromatic rings. The van der Waals surface area contributed by atoms with Gasteiger partial charge in [-0.2, -0.15) is 0 Å². The number of anilines is 2. The van der Waals surface area contributed by atoms with E-state index in [1.807, 2.05) is 18.2 Å². The molecule has 132 valence electrons. The Labute approximate surface area is 155 Å². The van der Waals surface area contributed by atoms with Gasteiger partial charge in [-0.05, 0) is 30.3 Å². The summed E-state index contributed by atoms with van der Waals surface area (Å²) in [5.41, 5.74) is 1.27. The molecule has 6 nitrogen and oxygen atoms in total. The highest BCUT2D eigenvalue weighted by molar-refractivity contribution is 6.53. The van der Waals surface area contributed by atoms with Crippen LogP contribution in [0.4, 0.5) is 11.4 Å². The van der Waals surface area contributed by atoms with Gasteiger partial charge in [0.25, 0.3) is 11.8 Å². The smallest absolute Gasteiger partial charge is 0.337 e. The summed E-state index contributed by atoms with van der Waals surface area (Å²) in [5, 5.41) is -0.176. The molecule has 0 aliphatic carbocycles. The Morgan fingerprint density at radius 3 is 2.38 bits per heavy atom. The van der Waals surface area contributed by atoms with Crippen LogP contribution in [-0.4, -0.2) is 31.9 Å². The topological polar surface area (TPSA) is 66.9 Å². The minimum Gasteiger partial charge on any atom is -0.465 e. The molecule has 1 aliphatic heterocycles. The summed E-state index contributed by atoms with van der Waals surface area (Å²) in [7, 11) is 2.92. The summed E-state index contributed by atoms with van der Waals surface area (Å²) >= 11 is 6.18. The molecule has 0 saturated carbocycles. The van der Waals surface area contributed by atoms with Crippen LogP contribution in [-0.2, 0) is 14.3 Å². The number of nitrogens with zero attached hydrogens (tertiary/aromatic N) is 2. The first-order chi connectivity index (χ1) is 12.5. The number of carbonyl (C=O) groups excluding carboxylic acids is 3. The van der Waals surface area contributed by atoms with Gasteiger partial charge >= 0.3 is 5.97 Å². The maximum absolute atomic E-state index is 12.9. The number of ether oxygens (including phenoxy) is 1.